The van der Waals surface area contributed by atoms with E-state index in [1.807, 2.05) is 18.2 Å². The Labute approximate surface area is 121 Å². The minimum absolute atomic E-state index is 0.178. The number of hydrogen-bond acceptors (Lipinski definition) is 1. The first kappa shape index (κ1) is 13.7. The molecule has 1 nitrogen and oxygen atoms in total. The number of hydrogen-bond donors (Lipinski definition) is 0. The molecule has 4 heteroatoms. The van der Waals surface area contributed by atoms with Crippen molar-refractivity contribution in [3.05, 3.63) is 33.8 Å². The Kier molecular flexibility index (Phi) is 4.40. The van der Waals surface area contributed by atoms with Crippen molar-refractivity contribution in [1.29, 1.82) is 0 Å². The highest BCUT2D eigenvalue weighted by molar-refractivity contribution is 9.09. The Hall–Kier alpha value is 0.240. The van der Waals surface area contributed by atoms with Crippen LogP contribution in [0.25, 0.3) is 0 Å². The first-order chi connectivity index (χ1) is 8.07. The highest BCUT2D eigenvalue weighted by atomic mass is 79.9. The molecule has 0 N–H and O–H groups in total. The fourth-order valence-electron chi connectivity index (χ4n) is 2.33. The molecule has 0 aliphatic carbocycles. The van der Waals surface area contributed by atoms with Gasteiger partial charge in [0.1, 0.15) is 0 Å². The molecular formula is C13H15BrCl2O. The highest BCUT2D eigenvalue weighted by Crippen LogP contribution is 2.40. The fourth-order valence-corrected chi connectivity index (χ4v) is 3.59. The van der Waals surface area contributed by atoms with E-state index < -0.39 is 0 Å². The smallest absolute Gasteiger partial charge is 0.0615 e. The van der Waals surface area contributed by atoms with Crippen molar-refractivity contribution in [2.24, 2.45) is 5.41 Å². The van der Waals surface area contributed by atoms with Gasteiger partial charge in [-0.1, -0.05) is 45.2 Å². The van der Waals surface area contributed by atoms with Gasteiger partial charge < -0.3 is 4.74 Å². The number of halogens is 3. The maximum Gasteiger partial charge on any atom is 0.0615 e. The predicted octanol–water partition coefficient (Wildman–Crippen LogP) is 4.73. The number of rotatable bonds is 3. The summed E-state index contributed by atoms with van der Waals surface area (Å²) in [6.45, 7) is 2.99. The van der Waals surface area contributed by atoms with E-state index in [0.29, 0.717) is 10.0 Å². The lowest BCUT2D eigenvalue weighted by Crippen LogP contribution is -2.32. The summed E-state index contributed by atoms with van der Waals surface area (Å²) in [5.41, 5.74) is 1.40. The molecule has 2 atom stereocenters. The van der Waals surface area contributed by atoms with Gasteiger partial charge >= 0.3 is 0 Å². The minimum Gasteiger partial charge on any atom is -0.378 e. The lowest BCUT2D eigenvalue weighted by molar-refractivity contribution is 0.0746. The Morgan fingerprint density at radius 1 is 1.41 bits per heavy atom. The molecule has 17 heavy (non-hydrogen) atoms. The van der Waals surface area contributed by atoms with Crippen LogP contribution in [0.2, 0.25) is 10.0 Å². The summed E-state index contributed by atoms with van der Waals surface area (Å²) in [5.74, 6) is 0. The molecule has 0 bridgehead atoms. The summed E-state index contributed by atoms with van der Waals surface area (Å²) in [4.78, 5) is 0. The first-order valence-corrected chi connectivity index (χ1v) is 7.57. The third-order valence-corrected chi connectivity index (χ3v) is 5.49. The molecule has 2 unspecified atom stereocenters. The van der Waals surface area contributed by atoms with E-state index >= 15 is 0 Å². The third kappa shape index (κ3) is 2.81. The molecule has 1 fully saturated rings. The van der Waals surface area contributed by atoms with Crippen LogP contribution in [-0.4, -0.2) is 18.0 Å². The van der Waals surface area contributed by atoms with E-state index in [2.05, 4.69) is 22.9 Å². The molecule has 0 saturated carbocycles. The average Bonchev–Trinajstić information content (AvgIpc) is 2.66. The second kappa shape index (κ2) is 5.48. The van der Waals surface area contributed by atoms with Crippen LogP contribution in [0.3, 0.4) is 0 Å². The zero-order valence-electron chi connectivity index (χ0n) is 9.68. The summed E-state index contributed by atoms with van der Waals surface area (Å²) in [6.07, 6.45) is 2.33. The number of benzene rings is 1. The molecule has 0 radical (unpaired) electrons. The van der Waals surface area contributed by atoms with Gasteiger partial charge in [-0.15, -0.1) is 0 Å². The average molecular weight is 338 g/mol. The fraction of sp³-hybridized carbons (Fsp3) is 0.538. The Bertz CT molecular complexity index is 410. The lowest BCUT2D eigenvalue weighted by atomic mass is 9.78. The molecule has 1 aliphatic rings. The summed E-state index contributed by atoms with van der Waals surface area (Å²) < 4.78 is 5.70. The molecular weight excluding hydrogens is 323 g/mol. The van der Waals surface area contributed by atoms with Crippen LogP contribution in [0.4, 0.5) is 0 Å². The summed E-state index contributed by atoms with van der Waals surface area (Å²) in [5, 5.41) is 2.18. The Morgan fingerprint density at radius 3 is 2.71 bits per heavy atom. The maximum absolute atomic E-state index is 6.05. The molecule has 1 aromatic rings. The van der Waals surface area contributed by atoms with Crippen LogP contribution >= 0.6 is 39.1 Å². The van der Waals surface area contributed by atoms with Crippen molar-refractivity contribution in [2.75, 3.05) is 11.9 Å². The predicted molar refractivity (Wildman–Crippen MR) is 76.4 cm³/mol. The monoisotopic (exact) mass is 336 g/mol. The van der Waals surface area contributed by atoms with Crippen molar-refractivity contribution in [3.8, 4) is 0 Å². The SMILES string of the molecule is CC1OCCC1(CBr)Cc1ccc(Cl)c(Cl)c1. The van der Waals surface area contributed by atoms with Gasteiger partial charge in [0.15, 0.2) is 0 Å². The van der Waals surface area contributed by atoms with Gasteiger partial charge in [-0.25, -0.2) is 0 Å². The van der Waals surface area contributed by atoms with Gasteiger partial charge in [-0.3, -0.25) is 0 Å². The quantitative estimate of drug-likeness (QED) is 0.725. The van der Waals surface area contributed by atoms with Crippen LogP contribution in [0, 0.1) is 5.41 Å². The van der Waals surface area contributed by atoms with Gasteiger partial charge in [0.25, 0.3) is 0 Å². The Balaban J connectivity index is 2.21. The van der Waals surface area contributed by atoms with Crippen LogP contribution < -0.4 is 0 Å². The van der Waals surface area contributed by atoms with Gasteiger partial charge in [-0.2, -0.15) is 0 Å². The lowest BCUT2D eigenvalue weighted by Gasteiger charge is -2.30. The highest BCUT2D eigenvalue weighted by Gasteiger charge is 2.40. The molecule has 2 rings (SSSR count). The van der Waals surface area contributed by atoms with Crippen LogP contribution in [0.5, 0.6) is 0 Å². The zero-order chi connectivity index (χ0) is 12.5. The molecule has 1 saturated heterocycles. The zero-order valence-corrected chi connectivity index (χ0v) is 12.8. The third-order valence-electron chi connectivity index (χ3n) is 3.64. The standard InChI is InChI=1S/C13H15BrCl2O/c1-9-13(8-14,4-5-17-9)7-10-2-3-11(15)12(16)6-10/h2-3,6,9H,4-5,7-8H2,1H3. The maximum atomic E-state index is 6.05. The van der Waals surface area contributed by atoms with E-state index in [9.17, 15) is 0 Å². The van der Waals surface area contributed by atoms with Gasteiger partial charge in [0.2, 0.25) is 0 Å². The normalized spacial score (nSPS) is 28.6. The van der Waals surface area contributed by atoms with Gasteiger partial charge in [0.05, 0.1) is 16.1 Å². The summed E-state index contributed by atoms with van der Waals surface area (Å²) >= 11 is 15.6. The van der Waals surface area contributed by atoms with E-state index in [1.165, 1.54) is 5.56 Å². The van der Waals surface area contributed by atoms with Crippen molar-refractivity contribution in [2.45, 2.75) is 25.9 Å². The minimum atomic E-state index is 0.178. The van der Waals surface area contributed by atoms with Gasteiger partial charge in [-0.05, 0) is 37.5 Å². The van der Waals surface area contributed by atoms with E-state index in [1.54, 1.807) is 0 Å². The van der Waals surface area contributed by atoms with Crippen LogP contribution in [-0.2, 0) is 11.2 Å². The van der Waals surface area contributed by atoms with Crippen molar-refractivity contribution in [3.63, 3.8) is 0 Å². The van der Waals surface area contributed by atoms with Crippen LogP contribution in [0.1, 0.15) is 18.9 Å². The largest absolute Gasteiger partial charge is 0.378 e. The summed E-state index contributed by atoms with van der Waals surface area (Å²) in [6, 6.07) is 5.87. The molecule has 1 aromatic carbocycles. The molecule has 0 amide bonds. The second-order valence-corrected chi connectivity index (χ2v) is 6.06. The molecule has 0 aromatic heterocycles. The topological polar surface area (TPSA) is 9.23 Å². The molecule has 1 heterocycles. The Morgan fingerprint density at radius 2 is 2.18 bits per heavy atom. The van der Waals surface area contributed by atoms with Crippen LogP contribution in [0.15, 0.2) is 18.2 Å². The second-order valence-electron chi connectivity index (χ2n) is 4.68. The molecule has 1 aliphatic heterocycles. The molecule has 94 valence electrons. The number of ether oxygens (including phenoxy) is 1. The van der Waals surface area contributed by atoms with E-state index in [0.717, 1.165) is 24.8 Å². The van der Waals surface area contributed by atoms with Crippen molar-refractivity contribution < 1.29 is 4.74 Å². The van der Waals surface area contributed by atoms with E-state index in [-0.39, 0.29) is 11.5 Å². The molecule has 0 spiro atoms. The van der Waals surface area contributed by atoms with Crippen molar-refractivity contribution >= 4 is 39.1 Å². The van der Waals surface area contributed by atoms with Crippen molar-refractivity contribution in [1.82, 2.24) is 0 Å². The first-order valence-electron chi connectivity index (χ1n) is 5.69. The van der Waals surface area contributed by atoms with Gasteiger partial charge in [0, 0.05) is 17.4 Å². The number of alkyl halides is 1. The van der Waals surface area contributed by atoms with E-state index in [4.69, 9.17) is 27.9 Å². The summed E-state index contributed by atoms with van der Waals surface area (Å²) in [7, 11) is 0.